The Morgan fingerprint density at radius 1 is 1.19 bits per heavy atom. The Labute approximate surface area is 163 Å². The molecule has 1 aliphatic rings. The lowest BCUT2D eigenvalue weighted by Crippen LogP contribution is -2.32. The van der Waals surface area contributed by atoms with E-state index in [4.69, 9.17) is 12.2 Å². The highest BCUT2D eigenvalue weighted by molar-refractivity contribution is 7.89. The highest BCUT2D eigenvalue weighted by atomic mass is 32.2. The van der Waals surface area contributed by atoms with Gasteiger partial charge in [0.25, 0.3) is 5.91 Å². The highest BCUT2D eigenvalue weighted by Gasteiger charge is 2.25. The molecule has 146 valence electrons. The van der Waals surface area contributed by atoms with E-state index < -0.39 is 10.0 Å². The van der Waals surface area contributed by atoms with Gasteiger partial charge in [-0.1, -0.05) is 12.8 Å². The maximum Gasteiger partial charge on any atom is 0.251 e. The molecule has 3 rings (SSSR count). The van der Waals surface area contributed by atoms with Gasteiger partial charge in [0.1, 0.15) is 0 Å². The summed E-state index contributed by atoms with van der Waals surface area (Å²) in [5.41, 5.74) is 0.390. The Balaban J connectivity index is 1.67. The predicted octanol–water partition coefficient (Wildman–Crippen LogP) is 1.97. The molecule has 0 aliphatic carbocycles. The van der Waals surface area contributed by atoms with Crippen molar-refractivity contribution in [1.82, 2.24) is 24.4 Å². The first-order valence-electron chi connectivity index (χ1n) is 8.88. The van der Waals surface area contributed by atoms with Crippen molar-refractivity contribution in [3.8, 4) is 0 Å². The first-order chi connectivity index (χ1) is 12.9. The molecule has 1 fully saturated rings. The number of sulfonamides is 1. The van der Waals surface area contributed by atoms with Crippen molar-refractivity contribution in [2.75, 3.05) is 13.1 Å². The van der Waals surface area contributed by atoms with Crippen molar-refractivity contribution in [3.05, 3.63) is 40.4 Å². The average Bonchev–Trinajstić information content (AvgIpc) is 2.87. The predicted molar refractivity (Wildman–Crippen MR) is 103 cm³/mol. The molecular formula is C17H23N5O3S2. The van der Waals surface area contributed by atoms with Crippen LogP contribution in [-0.4, -0.2) is 46.5 Å². The summed E-state index contributed by atoms with van der Waals surface area (Å²) < 4.78 is 29.2. The SMILES string of the molecule is Cn1c(CNC(=O)c2ccc(S(=O)(=O)N3CCCCCC3)cc2)n[nH]c1=S. The molecule has 0 unspecified atom stereocenters. The quantitative estimate of drug-likeness (QED) is 0.736. The topological polar surface area (TPSA) is 100 Å². The minimum Gasteiger partial charge on any atom is -0.345 e. The number of nitrogens with one attached hydrogen (secondary N) is 2. The lowest BCUT2D eigenvalue weighted by molar-refractivity contribution is 0.0949. The van der Waals surface area contributed by atoms with E-state index in [1.165, 1.54) is 24.3 Å². The number of carbonyl (C=O) groups is 1. The molecule has 10 heteroatoms. The summed E-state index contributed by atoms with van der Waals surface area (Å²) in [5, 5.41) is 9.44. The van der Waals surface area contributed by atoms with Gasteiger partial charge in [-0.25, -0.2) is 8.42 Å². The molecule has 8 nitrogen and oxygen atoms in total. The monoisotopic (exact) mass is 409 g/mol. The van der Waals surface area contributed by atoms with Crippen molar-refractivity contribution in [2.45, 2.75) is 37.1 Å². The minimum absolute atomic E-state index is 0.218. The standard InChI is InChI=1S/C17H23N5O3S2/c1-21-15(19-20-17(21)26)12-18-16(23)13-6-8-14(9-7-13)27(24,25)22-10-4-2-3-5-11-22/h6-9H,2-5,10-12H2,1H3,(H,18,23)(H,20,26). The second-order valence-electron chi connectivity index (χ2n) is 6.53. The fraction of sp³-hybridized carbons (Fsp3) is 0.471. The number of rotatable bonds is 5. The lowest BCUT2D eigenvalue weighted by Gasteiger charge is -2.20. The van der Waals surface area contributed by atoms with Crippen LogP contribution in [0.5, 0.6) is 0 Å². The molecule has 0 radical (unpaired) electrons. The molecule has 1 aromatic carbocycles. The molecule has 1 amide bonds. The van der Waals surface area contributed by atoms with Crippen molar-refractivity contribution < 1.29 is 13.2 Å². The number of aromatic amines is 1. The van der Waals surface area contributed by atoms with E-state index >= 15 is 0 Å². The first kappa shape index (κ1) is 19.7. The third kappa shape index (κ3) is 4.45. The number of amides is 1. The van der Waals surface area contributed by atoms with Gasteiger partial charge in [0.15, 0.2) is 10.6 Å². The van der Waals surface area contributed by atoms with Crippen LogP contribution >= 0.6 is 12.2 Å². The number of nitrogens with zero attached hydrogens (tertiary/aromatic N) is 3. The van der Waals surface area contributed by atoms with Gasteiger partial charge in [0.05, 0.1) is 11.4 Å². The van der Waals surface area contributed by atoms with E-state index in [0.717, 1.165) is 25.7 Å². The lowest BCUT2D eigenvalue weighted by atomic mass is 10.2. The Bertz CT molecular complexity index is 955. The molecule has 1 aromatic heterocycles. The second-order valence-corrected chi connectivity index (χ2v) is 8.85. The van der Waals surface area contributed by atoms with Crippen LogP contribution in [0.25, 0.3) is 0 Å². The molecule has 27 heavy (non-hydrogen) atoms. The van der Waals surface area contributed by atoms with Crippen LogP contribution in [0.3, 0.4) is 0 Å². The van der Waals surface area contributed by atoms with Gasteiger partial charge >= 0.3 is 0 Å². The minimum atomic E-state index is -3.51. The van der Waals surface area contributed by atoms with Crippen LogP contribution in [0.15, 0.2) is 29.2 Å². The summed E-state index contributed by atoms with van der Waals surface area (Å²) in [5.74, 6) is 0.302. The fourth-order valence-electron chi connectivity index (χ4n) is 3.01. The van der Waals surface area contributed by atoms with Crippen LogP contribution in [0.1, 0.15) is 41.9 Å². The van der Waals surface area contributed by atoms with Gasteiger partial charge < -0.3 is 9.88 Å². The van der Waals surface area contributed by atoms with E-state index in [-0.39, 0.29) is 17.3 Å². The Morgan fingerprint density at radius 3 is 2.37 bits per heavy atom. The number of aromatic nitrogens is 3. The molecule has 0 spiro atoms. The Kier molecular flexibility index (Phi) is 6.08. The molecule has 2 heterocycles. The fourth-order valence-corrected chi connectivity index (χ4v) is 4.68. The van der Waals surface area contributed by atoms with Gasteiger partial charge in [0.2, 0.25) is 10.0 Å². The summed E-state index contributed by atoms with van der Waals surface area (Å²) in [7, 11) is -1.75. The number of hydrogen-bond acceptors (Lipinski definition) is 5. The van der Waals surface area contributed by atoms with E-state index in [9.17, 15) is 13.2 Å². The molecule has 0 saturated carbocycles. The zero-order chi connectivity index (χ0) is 19.4. The van der Waals surface area contributed by atoms with E-state index in [1.807, 2.05) is 0 Å². The molecule has 0 atom stereocenters. The van der Waals surface area contributed by atoms with Crippen LogP contribution in [0.4, 0.5) is 0 Å². The van der Waals surface area contributed by atoms with Gasteiger partial charge in [0, 0.05) is 25.7 Å². The van der Waals surface area contributed by atoms with E-state index in [2.05, 4.69) is 15.5 Å². The van der Waals surface area contributed by atoms with Crippen molar-refractivity contribution >= 4 is 28.1 Å². The van der Waals surface area contributed by atoms with Crippen molar-refractivity contribution in [2.24, 2.45) is 7.05 Å². The van der Waals surface area contributed by atoms with Crippen LogP contribution in [-0.2, 0) is 23.6 Å². The molecular weight excluding hydrogens is 386 g/mol. The third-order valence-corrected chi connectivity index (χ3v) is 6.98. The first-order valence-corrected chi connectivity index (χ1v) is 10.7. The molecule has 0 bridgehead atoms. The van der Waals surface area contributed by atoms with Gasteiger partial charge in [-0.2, -0.15) is 9.40 Å². The summed E-state index contributed by atoms with van der Waals surface area (Å²) in [6.07, 6.45) is 3.89. The maximum absolute atomic E-state index is 12.8. The van der Waals surface area contributed by atoms with Gasteiger partial charge in [-0.05, 0) is 49.3 Å². The van der Waals surface area contributed by atoms with Crippen molar-refractivity contribution in [1.29, 1.82) is 0 Å². The maximum atomic E-state index is 12.8. The van der Waals surface area contributed by atoms with E-state index in [1.54, 1.807) is 15.9 Å². The van der Waals surface area contributed by atoms with Gasteiger partial charge in [-0.3, -0.25) is 9.89 Å². The summed E-state index contributed by atoms with van der Waals surface area (Å²) >= 11 is 5.03. The highest BCUT2D eigenvalue weighted by Crippen LogP contribution is 2.20. The molecule has 2 aromatic rings. The third-order valence-electron chi connectivity index (χ3n) is 4.70. The normalized spacial score (nSPS) is 16.0. The summed E-state index contributed by atoms with van der Waals surface area (Å²) in [6, 6.07) is 6.04. The van der Waals surface area contributed by atoms with Crippen molar-refractivity contribution in [3.63, 3.8) is 0 Å². The molecule has 2 N–H and O–H groups in total. The smallest absolute Gasteiger partial charge is 0.251 e. The van der Waals surface area contributed by atoms with Crippen LogP contribution < -0.4 is 5.32 Å². The summed E-state index contributed by atoms with van der Waals surface area (Å²) in [6.45, 7) is 1.32. The molecule has 1 saturated heterocycles. The van der Waals surface area contributed by atoms with E-state index in [0.29, 0.717) is 29.2 Å². The van der Waals surface area contributed by atoms with Crippen LogP contribution in [0, 0.1) is 4.77 Å². The average molecular weight is 410 g/mol. The number of H-pyrrole nitrogens is 1. The Morgan fingerprint density at radius 2 is 1.81 bits per heavy atom. The molecule has 1 aliphatic heterocycles. The van der Waals surface area contributed by atoms with Crippen LogP contribution in [0.2, 0.25) is 0 Å². The van der Waals surface area contributed by atoms with Gasteiger partial charge in [-0.15, -0.1) is 0 Å². The number of hydrogen-bond donors (Lipinski definition) is 2. The Hall–Kier alpha value is -2.04. The summed E-state index contributed by atoms with van der Waals surface area (Å²) in [4.78, 5) is 12.5. The largest absolute Gasteiger partial charge is 0.345 e. The number of carbonyl (C=O) groups excluding carboxylic acids is 1. The zero-order valence-corrected chi connectivity index (χ0v) is 16.8. The number of benzene rings is 1. The second kappa shape index (κ2) is 8.32. The zero-order valence-electron chi connectivity index (χ0n) is 15.1.